The highest BCUT2D eigenvalue weighted by Crippen LogP contribution is 2.20. The fraction of sp³-hybridized carbons (Fsp3) is 0.857. The highest BCUT2D eigenvalue weighted by Gasteiger charge is 2.15. The van der Waals surface area contributed by atoms with E-state index in [9.17, 15) is 9.59 Å². The van der Waals surface area contributed by atoms with E-state index in [-0.39, 0.29) is 12.3 Å². The Bertz CT molecular complexity index is 266. The SMILES string of the molecule is CCOCCC(=O)NCCC(CCC(=O)O)C(C)C. The third-order valence-corrected chi connectivity index (χ3v) is 3.19. The van der Waals surface area contributed by atoms with Crippen molar-refractivity contribution in [2.75, 3.05) is 19.8 Å². The smallest absolute Gasteiger partial charge is 0.303 e. The Balaban J connectivity index is 3.79. The topological polar surface area (TPSA) is 75.6 Å². The van der Waals surface area contributed by atoms with Crippen LogP contribution in [0.4, 0.5) is 0 Å². The van der Waals surface area contributed by atoms with Crippen molar-refractivity contribution >= 4 is 11.9 Å². The highest BCUT2D eigenvalue weighted by atomic mass is 16.5. The summed E-state index contributed by atoms with van der Waals surface area (Å²) in [4.78, 5) is 22.0. The molecule has 0 aliphatic carbocycles. The lowest BCUT2D eigenvalue weighted by Crippen LogP contribution is -2.28. The molecular weight excluding hydrogens is 246 g/mol. The number of aliphatic carboxylic acids is 1. The summed E-state index contributed by atoms with van der Waals surface area (Å²) >= 11 is 0. The van der Waals surface area contributed by atoms with Crippen molar-refractivity contribution in [3.05, 3.63) is 0 Å². The van der Waals surface area contributed by atoms with E-state index in [2.05, 4.69) is 19.2 Å². The zero-order valence-corrected chi connectivity index (χ0v) is 12.3. The van der Waals surface area contributed by atoms with Gasteiger partial charge in [0.2, 0.25) is 5.91 Å². The Morgan fingerprint density at radius 1 is 1.21 bits per heavy atom. The second-order valence-corrected chi connectivity index (χ2v) is 5.02. The molecule has 0 radical (unpaired) electrons. The molecule has 5 nitrogen and oxygen atoms in total. The Kier molecular flexibility index (Phi) is 10.2. The second-order valence-electron chi connectivity index (χ2n) is 5.02. The van der Waals surface area contributed by atoms with E-state index in [4.69, 9.17) is 9.84 Å². The predicted octanol–water partition coefficient (Wildman–Crippen LogP) is 2.06. The third kappa shape index (κ3) is 10.5. The number of nitrogens with one attached hydrogen (secondary N) is 1. The van der Waals surface area contributed by atoms with Crippen molar-refractivity contribution in [3.63, 3.8) is 0 Å². The van der Waals surface area contributed by atoms with Crippen LogP contribution in [-0.2, 0) is 14.3 Å². The van der Waals surface area contributed by atoms with Gasteiger partial charge in [-0.25, -0.2) is 0 Å². The van der Waals surface area contributed by atoms with Crippen molar-refractivity contribution in [1.82, 2.24) is 5.32 Å². The van der Waals surface area contributed by atoms with Crippen LogP contribution in [0.5, 0.6) is 0 Å². The van der Waals surface area contributed by atoms with Crippen LogP contribution in [-0.4, -0.2) is 36.7 Å². The van der Waals surface area contributed by atoms with Gasteiger partial charge in [0, 0.05) is 26.0 Å². The molecule has 0 heterocycles. The summed E-state index contributed by atoms with van der Waals surface area (Å²) in [5.41, 5.74) is 0. The first-order valence-electron chi connectivity index (χ1n) is 7.03. The van der Waals surface area contributed by atoms with Gasteiger partial charge < -0.3 is 15.2 Å². The van der Waals surface area contributed by atoms with Crippen molar-refractivity contribution in [2.24, 2.45) is 11.8 Å². The van der Waals surface area contributed by atoms with Gasteiger partial charge in [0.15, 0.2) is 0 Å². The van der Waals surface area contributed by atoms with Crippen LogP contribution < -0.4 is 5.32 Å². The van der Waals surface area contributed by atoms with Gasteiger partial charge in [0.25, 0.3) is 0 Å². The van der Waals surface area contributed by atoms with E-state index in [1.807, 2.05) is 6.92 Å². The van der Waals surface area contributed by atoms with Gasteiger partial charge >= 0.3 is 5.97 Å². The van der Waals surface area contributed by atoms with E-state index in [1.165, 1.54) is 0 Å². The molecule has 1 unspecified atom stereocenters. The van der Waals surface area contributed by atoms with Gasteiger partial charge in [-0.1, -0.05) is 13.8 Å². The summed E-state index contributed by atoms with van der Waals surface area (Å²) in [5.74, 6) is 0.00330. The Hall–Kier alpha value is -1.10. The third-order valence-electron chi connectivity index (χ3n) is 3.19. The molecule has 2 N–H and O–H groups in total. The van der Waals surface area contributed by atoms with E-state index in [0.29, 0.717) is 44.4 Å². The van der Waals surface area contributed by atoms with E-state index in [0.717, 1.165) is 6.42 Å². The summed E-state index contributed by atoms with van der Waals surface area (Å²) in [5, 5.41) is 11.5. The maximum atomic E-state index is 11.5. The largest absolute Gasteiger partial charge is 0.481 e. The van der Waals surface area contributed by atoms with Crippen molar-refractivity contribution in [2.45, 2.75) is 46.5 Å². The van der Waals surface area contributed by atoms with Gasteiger partial charge in [-0.05, 0) is 31.6 Å². The lowest BCUT2D eigenvalue weighted by molar-refractivity contribution is -0.137. The molecule has 1 amide bonds. The molecule has 112 valence electrons. The minimum Gasteiger partial charge on any atom is -0.481 e. The average molecular weight is 273 g/mol. The monoisotopic (exact) mass is 273 g/mol. The first-order chi connectivity index (χ1) is 8.97. The highest BCUT2D eigenvalue weighted by molar-refractivity contribution is 5.75. The number of hydrogen-bond acceptors (Lipinski definition) is 3. The zero-order chi connectivity index (χ0) is 14.7. The summed E-state index contributed by atoms with van der Waals surface area (Å²) in [6.07, 6.45) is 2.07. The maximum Gasteiger partial charge on any atom is 0.303 e. The van der Waals surface area contributed by atoms with Crippen LogP contribution in [0.15, 0.2) is 0 Å². The number of ether oxygens (including phenoxy) is 1. The van der Waals surface area contributed by atoms with Crippen LogP contribution in [0, 0.1) is 11.8 Å². The molecule has 0 bridgehead atoms. The molecular formula is C14H27NO4. The van der Waals surface area contributed by atoms with Crippen molar-refractivity contribution < 1.29 is 19.4 Å². The summed E-state index contributed by atoms with van der Waals surface area (Å²) < 4.78 is 5.11. The molecule has 19 heavy (non-hydrogen) atoms. The minimum absolute atomic E-state index is 0.00538. The van der Waals surface area contributed by atoms with Crippen LogP contribution in [0.25, 0.3) is 0 Å². The van der Waals surface area contributed by atoms with Gasteiger partial charge in [-0.2, -0.15) is 0 Å². The zero-order valence-electron chi connectivity index (χ0n) is 12.3. The van der Waals surface area contributed by atoms with Crippen LogP contribution in [0.3, 0.4) is 0 Å². The fourth-order valence-electron chi connectivity index (χ4n) is 1.91. The molecule has 0 rings (SSSR count). The molecule has 0 spiro atoms. The summed E-state index contributed by atoms with van der Waals surface area (Å²) in [6, 6.07) is 0. The average Bonchev–Trinajstić information content (AvgIpc) is 2.33. The lowest BCUT2D eigenvalue weighted by Gasteiger charge is -2.20. The molecule has 0 aliphatic rings. The standard InChI is InChI=1S/C14H27NO4/c1-4-19-10-8-13(16)15-9-7-12(11(2)3)5-6-14(17)18/h11-12H,4-10H2,1-3H3,(H,15,16)(H,17,18). The molecule has 0 aromatic carbocycles. The maximum absolute atomic E-state index is 11.5. The number of carboxylic acids is 1. The van der Waals surface area contributed by atoms with E-state index >= 15 is 0 Å². The Morgan fingerprint density at radius 3 is 2.42 bits per heavy atom. The number of carboxylic acid groups (broad SMARTS) is 1. The molecule has 0 aromatic rings. The Morgan fingerprint density at radius 2 is 1.89 bits per heavy atom. The van der Waals surface area contributed by atoms with Gasteiger partial charge in [0.1, 0.15) is 0 Å². The van der Waals surface area contributed by atoms with Gasteiger partial charge in [-0.15, -0.1) is 0 Å². The predicted molar refractivity (Wildman–Crippen MR) is 73.9 cm³/mol. The summed E-state index contributed by atoms with van der Waals surface area (Å²) in [6.45, 7) is 7.75. The number of rotatable bonds is 11. The number of carbonyl (C=O) groups excluding carboxylic acids is 1. The van der Waals surface area contributed by atoms with E-state index in [1.54, 1.807) is 0 Å². The minimum atomic E-state index is -0.758. The normalized spacial score (nSPS) is 12.4. The molecule has 0 fully saturated rings. The second kappa shape index (κ2) is 10.8. The fourth-order valence-corrected chi connectivity index (χ4v) is 1.91. The lowest BCUT2D eigenvalue weighted by atomic mass is 9.88. The van der Waals surface area contributed by atoms with Gasteiger partial charge in [-0.3, -0.25) is 9.59 Å². The first kappa shape index (κ1) is 17.9. The molecule has 0 aliphatic heterocycles. The number of amides is 1. The van der Waals surface area contributed by atoms with E-state index < -0.39 is 5.97 Å². The van der Waals surface area contributed by atoms with Crippen molar-refractivity contribution in [1.29, 1.82) is 0 Å². The van der Waals surface area contributed by atoms with Crippen LogP contribution in [0.2, 0.25) is 0 Å². The summed E-state index contributed by atoms with van der Waals surface area (Å²) in [7, 11) is 0. The molecule has 5 heteroatoms. The number of hydrogen-bond donors (Lipinski definition) is 2. The van der Waals surface area contributed by atoms with Crippen molar-refractivity contribution in [3.8, 4) is 0 Å². The van der Waals surface area contributed by atoms with Crippen LogP contribution in [0.1, 0.15) is 46.5 Å². The first-order valence-corrected chi connectivity index (χ1v) is 7.03. The molecule has 0 aromatic heterocycles. The Labute approximate surface area is 115 Å². The number of carbonyl (C=O) groups is 2. The van der Waals surface area contributed by atoms with Gasteiger partial charge in [0.05, 0.1) is 6.61 Å². The van der Waals surface area contributed by atoms with Crippen LogP contribution >= 0.6 is 0 Å². The molecule has 0 saturated heterocycles. The quantitative estimate of drug-likeness (QED) is 0.565. The molecule has 0 saturated carbocycles. The molecule has 1 atom stereocenters.